The highest BCUT2D eigenvalue weighted by Gasteiger charge is 1.89. The summed E-state index contributed by atoms with van der Waals surface area (Å²) >= 11 is 10.7. The molecule has 18 heavy (non-hydrogen) atoms. The third-order valence-electron chi connectivity index (χ3n) is 2.18. The topological polar surface area (TPSA) is 38.7 Å². The molecule has 3 rings (SSSR count). The van der Waals surface area contributed by atoms with Gasteiger partial charge < -0.3 is 0 Å². The molecule has 0 radical (unpaired) electrons. The molecule has 5 heteroatoms. The molecule has 3 nitrogen and oxygen atoms in total. The van der Waals surface area contributed by atoms with Crippen LogP contribution < -0.4 is 0 Å². The molecule has 1 heterocycles. The van der Waals surface area contributed by atoms with Crippen LogP contribution in [0, 0.1) is 0 Å². The zero-order chi connectivity index (χ0) is 12.8. The van der Waals surface area contributed by atoms with Gasteiger partial charge in [0.25, 0.3) is 0 Å². The first-order valence-electron chi connectivity index (χ1n) is 5.21. The minimum atomic E-state index is 0.255. The van der Waals surface area contributed by atoms with Gasteiger partial charge in [0.1, 0.15) is 0 Å². The molecule has 0 saturated heterocycles. The van der Waals surface area contributed by atoms with E-state index in [1.165, 1.54) is 16.8 Å². The van der Waals surface area contributed by atoms with Gasteiger partial charge in [0.2, 0.25) is 0 Å². The highest BCUT2D eigenvalue weighted by atomic mass is 35.5. The summed E-state index contributed by atoms with van der Waals surface area (Å²) < 4.78 is 0. The van der Waals surface area contributed by atoms with Crippen LogP contribution in [0.15, 0.2) is 54.6 Å². The lowest BCUT2D eigenvalue weighted by Crippen LogP contribution is -1.84. The minimum absolute atomic E-state index is 0.255. The molecular weight excluding hydrogens is 269 g/mol. The average molecular weight is 278 g/mol. The molecule has 0 saturated carbocycles. The standard InChI is InChI=1S/C10H8.C3HCl2N3/c1-2-6-10-8-4-3-7-9(10)5-1;4-2-1-3(5)7-8-6-2/h1-8H;1H. The van der Waals surface area contributed by atoms with Gasteiger partial charge >= 0.3 is 0 Å². The number of aromatic nitrogens is 3. The van der Waals surface area contributed by atoms with E-state index in [2.05, 4.69) is 63.9 Å². The molecule has 2 aromatic carbocycles. The van der Waals surface area contributed by atoms with Crippen molar-refractivity contribution in [3.8, 4) is 0 Å². The van der Waals surface area contributed by atoms with Crippen molar-refractivity contribution in [2.45, 2.75) is 0 Å². The fourth-order valence-corrected chi connectivity index (χ4v) is 1.73. The molecule has 0 aliphatic heterocycles. The van der Waals surface area contributed by atoms with Gasteiger partial charge in [-0.2, -0.15) is 0 Å². The highest BCUT2D eigenvalue weighted by molar-refractivity contribution is 6.32. The van der Waals surface area contributed by atoms with E-state index in [0.717, 1.165) is 0 Å². The second kappa shape index (κ2) is 6.28. The van der Waals surface area contributed by atoms with Crippen LogP contribution in [0.5, 0.6) is 0 Å². The van der Waals surface area contributed by atoms with Gasteiger partial charge in [-0.25, -0.2) is 0 Å². The van der Waals surface area contributed by atoms with E-state index in [1.54, 1.807) is 0 Å². The Morgan fingerprint density at radius 1 is 0.667 bits per heavy atom. The normalized spacial score (nSPS) is 9.67. The Balaban J connectivity index is 0.000000138. The first kappa shape index (κ1) is 12.7. The van der Waals surface area contributed by atoms with E-state index in [1.807, 2.05) is 0 Å². The zero-order valence-corrected chi connectivity index (χ0v) is 10.8. The lowest BCUT2D eigenvalue weighted by atomic mass is 10.1. The molecule has 3 aromatic rings. The SMILES string of the molecule is Clc1cc(Cl)nnn1.c1ccc2ccccc2c1. The van der Waals surface area contributed by atoms with Crippen molar-refractivity contribution in [1.82, 2.24) is 15.4 Å². The van der Waals surface area contributed by atoms with Gasteiger partial charge in [0.05, 0.1) is 0 Å². The molecule has 0 N–H and O–H groups in total. The van der Waals surface area contributed by atoms with Crippen molar-refractivity contribution >= 4 is 34.0 Å². The van der Waals surface area contributed by atoms with Crippen LogP contribution in [0.25, 0.3) is 10.8 Å². The molecule has 0 amide bonds. The number of rotatable bonds is 0. The van der Waals surface area contributed by atoms with Crippen LogP contribution >= 0.6 is 23.2 Å². The maximum Gasteiger partial charge on any atom is 0.156 e. The van der Waals surface area contributed by atoms with Crippen molar-refractivity contribution in [3.63, 3.8) is 0 Å². The average Bonchev–Trinajstić information content (AvgIpc) is 2.39. The Morgan fingerprint density at radius 3 is 1.33 bits per heavy atom. The van der Waals surface area contributed by atoms with E-state index < -0.39 is 0 Å². The van der Waals surface area contributed by atoms with E-state index in [9.17, 15) is 0 Å². The number of benzene rings is 2. The summed E-state index contributed by atoms with van der Waals surface area (Å²) in [5, 5.41) is 13.1. The summed E-state index contributed by atoms with van der Waals surface area (Å²) in [5.74, 6) is 0. The predicted octanol–water partition coefficient (Wildman–Crippen LogP) is 4.02. The molecular formula is C13H9Cl2N3. The monoisotopic (exact) mass is 277 g/mol. The quantitative estimate of drug-likeness (QED) is 0.623. The van der Waals surface area contributed by atoms with Gasteiger partial charge in [0.15, 0.2) is 10.3 Å². The minimum Gasteiger partial charge on any atom is -0.118 e. The second-order valence-corrected chi connectivity index (χ2v) is 4.20. The number of nitrogens with zero attached hydrogens (tertiary/aromatic N) is 3. The Morgan fingerprint density at radius 2 is 1.06 bits per heavy atom. The number of hydrogen-bond donors (Lipinski definition) is 0. The predicted molar refractivity (Wildman–Crippen MR) is 73.8 cm³/mol. The summed E-state index contributed by atoms with van der Waals surface area (Å²) in [5.41, 5.74) is 0. The van der Waals surface area contributed by atoms with E-state index >= 15 is 0 Å². The van der Waals surface area contributed by atoms with E-state index in [4.69, 9.17) is 23.2 Å². The van der Waals surface area contributed by atoms with Crippen LogP contribution in [-0.2, 0) is 0 Å². The van der Waals surface area contributed by atoms with Gasteiger partial charge in [0, 0.05) is 6.07 Å². The Kier molecular flexibility index (Phi) is 4.45. The molecule has 0 aliphatic rings. The molecule has 0 unspecified atom stereocenters. The van der Waals surface area contributed by atoms with Crippen LogP contribution in [0.1, 0.15) is 0 Å². The largest absolute Gasteiger partial charge is 0.156 e. The smallest absolute Gasteiger partial charge is 0.118 e. The van der Waals surface area contributed by atoms with Crippen molar-refractivity contribution in [2.75, 3.05) is 0 Å². The molecule has 1 aromatic heterocycles. The summed E-state index contributed by atoms with van der Waals surface area (Å²) in [6, 6.07) is 18.1. The fourth-order valence-electron chi connectivity index (χ4n) is 1.40. The molecule has 0 spiro atoms. The molecule has 0 fully saturated rings. The third kappa shape index (κ3) is 3.65. The number of fused-ring (bicyclic) bond motifs is 1. The van der Waals surface area contributed by atoms with Crippen LogP contribution in [0.2, 0.25) is 10.3 Å². The van der Waals surface area contributed by atoms with Crippen LogP contribution in [-0.4, -0.2) is 15.4 Å². The Labute approximate surface area is 114 Å². The van der Waals surface area contributed by atoms with Crippen molar-refractivity contribution < 1.29 is 0 Å². The maximum atomic E-state index is 5.35. The van der Waals surface area contributed by atoms with Crippen molar-refractivity contribution in [3.05, 3.63) is 64.9 Å². The van der Waals surface area contributed by atoms with Crippen LogP contribution in [0.3, 0.4) is 0 Å². The molecule has 90 valence electrons. The second-order valence-electron chi connectivity index (χ2n) is 3.43. The Hall–Kier alpha value is -1.71. The van der Waals surface area contributed by atoms with Gasteiger partial charge in [-0.1, -0.05) is 71.7 Å². The van der Waals surface area contributed by atoms with Crippen molar-refractivity contribution in [2.24, 2.45) is 0 Å². The van der Waals surface area contributed by atoms with Gasteiger partial charge in [-0.15, -0.1) is 10.2 Å². The first-order valence-corrected chi connectivity index (χ1v) is 5.96. The molecule has 0 aliphatic carbocycles. The maximum absolute atomic E-state index is 5.35. The number of halogens is 2. The highest BCUT2D eigenvalue weighted by Crippen LogP contribution is 2.11. The lowest BCUT2D eigenvalue weighted by molar-refractivity contribution is 0.866. The van der Waals surface area contributed by atoms with E-state index in [0.29, 0.717) is 0 Å². The van der Waals surface area contributed by atoms with Gasteiger partial charge in [-0.3, -0.25) is 0 Å². The number of hydrogen-bond acceptors (Lipinski definition) is 3. The van der Waals surface area contributed by atoms with E-state index in [-0.39, 0.29) is 10.3 Å². The summed E-state index contributed by atoms with van der Waals surface area (Å²) in [4.78, 5) is 0. The lowest BCUT2D eigenvalue weighted by Gasteiger charge is -1.92. The Bertz CT molecular complexity index is 561. The van der Waals surface area contributed by atoms with Crippen molar-refractivity contribution in [1.29, 1.82) is 0 Å². The van der Waals surface area contributed by atoms with Gasteiger partial charge in [-0.05, 0) is 16.0 Å². The first-order chi connectivity index (χ1) is 8.75. The summed E-state index contributed by atoms with van der Waals surface area (Å²) in [6.07, 6.45) is 0. The molecule has 0 atom stereocenters. The van der Waals surface area contributed by atoms with Crippen LogP contribution in [0.4, 0.5) is 0 Å². The molecule has 0 bridgehead atoms. The summed E-state index contributed by atoms with van der Waals surface area (Å²) in [6.45, 7) is 0. The zero-order valence-electron chi connectivity index (χ0n) is 9.29. The third-order valence-corrected chi connectivity index (χ3v) is 2.55. The fraction of sp³-hybridized carbons (Fsp3) is 0. The summed E-state index contributed by atoms with van der Waals surface area (Å²) in [7, 11) is 0.